The SMILES string of the molecule is CC1(C)OBOC1(C)C.c1ccc2c(c1)CCO2. The lowest BCUT2D eigenvalue weighted by Gasteiger charge is -2.32. The lowest BCUT2D eigenvalue weighted by molar-refractivity contribution is 0.00578. The number of ether oxygens (including phenoxy) is 1. The van der Waals surface area contributed by atoms with Gasteiger partial charge in [-0.3, -0.25) is 0 Å². The molecule has 0 spiro atoms. The smallest absolute Gasteiger partial charge is 0.439 e. The molecule has 3 rings (SSSR count). The minimum Gasteiger partial charge on any atom is -0.493 e. The predicted octanol–water partition coefficient (Wildman–Crippen LogP) is 2.48. The molecule has 98 valence electrons. The molecular formula is C14H21BO3. The molecule has 2 aliphatic heterocycles. The summed E-state index contributed by atoms with van der Waals surface area (Å²) < 4.78 is 16.0. The molecule has 1 aromatic rings. The Morgan fingerprint density at radius 3 is 2.11 bits per heavy atom. The highest BCUT2D eigenvalue weighted by molar-refractivity contribution is 6.19. The summed E-state index contributed by atoms with van der Waals surface area (Å²) in [7, 11) is 0.431. The first-order valence-corrected chi connectivity index (χ1v) is 6.41. The van der Waals surface area contributed by atoms with Gasteiger partial charge in [-0.15, -0.1) is 0 Å². The average molecular weight is 248 g/mol. The molecule has 0 unspecified atom stereocenters. The van der Waals surface area contributed by atoms with Crippen molar-refractivity contribution in [2.24, 2.45) is 0 Å². The van der Waals surface area contributed by atoms with Gasteiger partial charge in [-0.05, 0) is 39.3 Å². The second kappa shape index (κ2) is 4.94. The lowest BCUT2D eigenvalue weighted by atomic mass is 9.90. The minimum atomic E-state index is -0.132. The predicted molar refractivity (Wildman–Crippen MR) is 73.1 cm³/mol. The monoisotopic (exact) mass is 248 g/mol. The topological polar surface area (TPSA) is 27.7 Å². The van der Waals surface area contributed by atoms with Gasteiger partial charge in [-0.2, -0.15) is 0 Å². The first-order chi connectivity index (χ1) is 8.42. The molecule has 4 heteroatoms. The van der Waals surface area contributed by atoms with Crippen LogP contribution >= 0.6 is 0 Å². The molecule has 1 fully saturated rings. The lowest BCUT2D eigenvalue weighted by Crippen LogP contribution is -2.41. The van der Waals surface area contributed by atoms with Crippen molar-refractivity contribution < 1.29 is 14.0 Å². The molecular weight excluding hydrogens is 227 g/mol. The summed E-state index contributed by atoms with van der Waals surface area (Å²) in [6, 6.07) is 8.18. The van der Waals surface area contributed by atoms with Gasteiger partial charge >= 0.3 is 7.69 Å². The van der Waals surface area contributed by atoms with Crippen LogP contribution in [0, 0.1) is 0 Å². The number of para-hydroxylation sites is 1. The van der Waals surface area contributed by atoms with Gasteiger partial charge in [0.2, 0.25) is 0 Å². The van der Waals surface area contributed by atoms with Crippen LogP contribution in [0.1, 0.15) is 33.3 Å². The van der Waals surface area contributed by atoms with Crippen LogP contribution in [0.25, 0.3) is 0 Å². The summed E-state index contributed by atoms with van der Waals surface area (Å²) in [6.07, 6.45) is 1.08. The van der Waals surface area contributed by atoms with Crippen LogP contribution in [0.3, 0.4) is 0 Å². The normalized spacial score (nSPS) is 22.2. The zero-order valence-corrected chi connectivity index (χ0v) is 11.7. The van der Waals surface area contributed by atoms with E-state index >= 15 is 0 Å². The van der Waals surface area contributed by atoms with Crippen LogP contribution in [0.4, 0.5) is 0 Å². The van der Waals surface area contributed by atoms with Crippen molar-refractivity contribution >= 4 is 7.69 Å². The molecule has 0 N–H and O–H groups in total. The Morgan fingerprint density at radius 2 is 1.61 bits per heavy atom. The maximum Gasteiger partial charge on any atom is 0.439 e. The van der Waals surface area contributed by atoms with Crippen molar-refractivity contribution in [2.45, 2.75) is 45.3 Å². The molecule has 0 aliphatic carbocycles. The number of rotatable bonds is 0. The molecule has 0 radical (unpaired) electrons. The van der Waals surface area contributed by atoms with Crippen LogP contribution < -0.4 is 4.74 Å². The summed E-state index contributed by atoms with van der Waals surface area (Å²) >= 11 is 0. The Hall–Kier alpha value is -0.995. The number of hydrogen-bond acceptors (Lipinski definition) is 3. The van der Waals surface area contributed by atoms with Gasteiger partial charge in [0.05, 0.1) is 17.8 Å². The summed E-state index contributed by atoms with van der Waals surface area (Å²) in [4.78, 5) is 0. The van der Waals surface area contributed by atoms with Gasteiger partial charge in [-0.1, -0.05) is 18.2 Å². The fourth-order valence-electron chi connectivity index (χ4n) is 1.79. The maximum atomic E-state index is 5.33. The highest BCUT2D eigenvalue weighted by Gasteiger charge is 2.44. The van der Waals surface area contributed by atoms with E-state index in [1.165, 1.54) is 5.56 Å². The third-order valence-corrected chi connectivity index (χ3v) is 3.89. The Labute approximate surface area is 110 Å². The van der Waals surface area contributed by atoms with Gasteiger partial charge < -0.3 is 14.0 Å². The van der Waals surface area contributed by atoms with Gasteiger partial charge in [0, 0.05) is 6.42 Å². The van der Waals surface area contributed by atoms with E-state index < -0.39 is 0 Å². The van der Waals surface area contributed by atoms with E-state index in [0.29, 0.717) is 7.69 Å². The van der Waals surface area contributed by atoms with E-state index in [1.54, 1.807) is 0 Å². The van der Waals surface area contributed by atoms with Gasteiger partial charge in [0.25, 0.3) is 0 Å². The van der Waals surface area contributed by atoms with Crippen LogP contribution in [0.15, 0.2) is 24.3 Å². The van der Waals surface area contributed by atoms with Crippen LogP contribution in [-0.2, 0) is 15.7 Å². The van der Waals surface area contributed by atoms with Gasteiger partial charge in [0.15, 0.2) is 0 Å². The average Bonchev–Trinajstić information content (AvgIpc) is 2.85. The summed E-state index contributed by atoms with van der Waals surface area (Å²) in [6.45, 7) is 9.03. The minimum absolute atomic E-state index is 0.132. The number of benzene rings is 1. The highest BCUT2D eigenvalue weighted by Crippen LogP contribution is 2.33. The maximum absolute atomic E-state index is 5.33. The van der Waals surface area contributed by atoms with Crippen molar-refractivity contribution in [1.82, 2.24) is 0 Å². The van der Waals surface area contributed by atoms with Crippen molar-refractivity contribution in [3.63, 3.8) is 0 Å². The number of hydrogen-bond donors (Lipinski definition) is 0. The fraction of sp³-hybridized carbons (Fsp3) is 0.571. The van der Waals surface area contributed by atoms with Crippen molar-refractivity contribution in [1.29, 1.82) is 0 Å². The Kier molecular flexibility index (Phi) is 3.69. The molecule has 2 heterocycles. The Morgan fingerprint density at radius 1 is 1.00 bits per heavy atom. The van der Waals surface area contributed by atoms with Crippen LogP contribution in [-0.4, -0.2) is 25.5 Å². The summed E-state index contributed by atoms with van der Waals surface area (Å²) in [5.74, 6) is 1.07. The van der Waals surface area contributed by atoms with E-state index in [4.69, 9.17) is 14.0 Å². The van der Waals surface area contributed by atoms with Crippen molar-refractivity contribution in [3.05, 3.63) is 29.8 Å². The first kappa shape index (κ1) is 13.4. The van der Waals surface area contributed by atoms with Crippen LogP contribution in [0.2, 0.25) is 0 Å². The van der Waals surface area contributed by atoms with Crippen molar-refractivity contribution in [3.8, 4) is 5.75 Å². The molecule has 1 aromatic carbocycles. The Balaban J connectivity index is 0.000000134. The largest absolute Gasteiger partial charge is 0.493 e. The molecule has 1 saturated heterocycles. The molecule has 18 heavy (non-hydrogen) atoms. The third-order valence-electron chi connectivity index (χ3n) is 3.89. The molecule has 2 aliphatic rings. The van der Waals surface area contributed by atoms with E-state index in [-0.39, 0.29) is 11.2 Å². The van der Waals surface area contributed by atoms with Crippen molar-refractivity contribution in [2.75, 3.05) is 6.61 Å². The molecule has 0 aromatic heterocycles. The molecule has 0 atom stereocenters. The second-order valence-electron chi connectivity index (χ2n) is 5.63. The standard InChI is InChI=1S/C8H8O.C6H13BO2/c1-2-4-8-7(3-1)5-6-9-8;1-5(2)6(3,4)9-7-8-5/h1-4H,5-6H2;7H,1-4H3. The second-order valence-corrected chi connectivity index (χ2v) is 5.63. The van der Waals surface area contributed by atoms with Gasteiger partial charge in [0.1, 0.15) is 5.75 Å². The quantitative estimate of drug-likeness (QED) is 0.660. The first-order valence-electron chi connectivity index (χ1n) is 6.41. The number of fused-ring (bicyclic) bond motifs is 1. The van der Waals surface area contributed by atoms with E-state index in [1.807, 2.05) is 45.9 Å². The van der Waals surface area contributed by atoms with E-state index in [2.05, 4.69) is 6.07 Å². The molecule has 0 amide bonds. The van der Waals surface area contributed by atoms with Gasteiger partial charge in [-0.25, -0.2) is 0 Å². The summed E-state index contributed by atoms with van der Waals surface area (Å²) in [5, 5.41) is 0. The fourth-order valence-corrected chi connectivity index (χ4v) is 1.79. The zero-order valence-electron chi connectivity index (χ0n) is 11.7. The molecule has 0 saturated carbocycles. The molecule has 0 bridgehead atoms. The zero-order chi connectivity index (χ0) is 13.2. The Bertz CT molecular complexity index is 378. The van der Waals surface area contributed by atoms with Crippen LogP contribution in [0.5, 0.6) is 5.75 Å². The highest BCUT2D eigenvalue weighted by atomic mass is 16.7. The van der Waals surface area contributed by atoms with E-state index in [0.717, 1.165) is 18.8 Å². The third kappa shape index (κ3) is 2.70. The molecule has 3 nitrogen and oxygen atoms in total. The summed E-state index contributed by atoms with van der Waals surface area (Å²) in [5.41, 5.74) is 1.08. The van der Waals surface area contributed by atoms with E-state index in [9.17, 15) is 0 Å².